The van der Waals surface area contributed by atoms with E-state index >= 15 is 0 Å². The zero-order valence-corrected chi connectivity index (χ0v) is 22.3. The summed E-state index contributed by atoms with van der Waals surface area (Å²) in [5.74, 6) is 0. The van der Waals surface area contributed by atoms with Gasteiger partial charge in [0.15, 0.2) is 6.29 Å². The monoisotopic (exact) mass is 468 g/mol. The van der Waals surface area contributed by atoms with E-state index in [1.807, 2.05) is 0 Å². The first-order chi connectivity index (χ1) is 16.0. The number of rotatable bonds is 24. The summed E-state index contributed by atoms with van der Waals surface area (Å²) in [6, 6.07) is 0. The fourth-order valence-corrected chi connectivity index (χ4v) is 3.59. The van der Waals surface area contributed by atoms with Crippen molar-refractivity contribution in [2.45, 2.75) is 96.4 Å². The molecule has 0 bridgehead atoms. The van der Waals surface area contributed by atoms with Gasteiger partial charge >= 0.3 is 0 Å². The Morgan fingerprint density at radius 2 is 1.30 bits per heavy atom. The summed E-state index contributed by atoms with van der Waals surface area (Å²) in [5, 5.41) is 0. The molecule has 1 rings (SSSR count). The molecule has 5 heteroatoms. The Bertz CT molecular complexity index is 487. The zero-order valence-electron chi connectivity index (χ0n) is 22.3. The van der Waals surface area contributed by atoms with Crippen molar-refractivity contribution in [3.05, 3.63) is 24.3 Å². The zero-order chi connectivity index (χ0) is 24.0. The number of hydrogen-bond donors (Lipinski definition) is 0. The number of likely N-dealkylation sites (N-methyl/N-ethyl adjacent to an activating group) is 1. The topological polar surface area (TPSA) is 40.2 Å². The van der Waals surface area contributed by atoms with Gasteiger partial charge in [-0.1, -0.05) is 76.2 Å². The molecular weight excluding hydrogens is 414 g/mol. The van der Waals surface area contributed by atoms with E-state index in [0.717, 1.165) is 36.9 Å². The number of quaternary nitrogens is 1. The number of nitrogens with zero attached hydrogens (tertiary/aromatic N) is 1. The Balaban J connectivity index is 1.73. The van der Waals surface area contributed by atoms with E-state index in [4.69, 9.17) is 18.9 Å². The Hall–Kier alpha value is -0.720. The molecule has 0 spiro atoms. The highest BCUT2D eigenvalue weighted by Crippen LogP contribution is 2.28. The van der Waals surface area contributed by atoms with E-state index < -0.39 is 0 Å². The van der Waals surface area contributed by atoms with E-state index in [1.165, 1.54) is 57.8 Å². The molecule has 33 heavy (non-hydrogen) atoms. The smallest absolute Gasteiger partial charge is 0.184 e. The first-order valence-corrected chi connectivity index (χ1v) is 13.6. The molecule has 1 fully saturated rings. The summed E-state index contributed by atoms with van der Waals surface area (Å²) >= 11 is 0. The summed E-state index contributed by atoms with van der Waals surface area (Å²) in [5.41, 5.74) is 0. The molecule has 194 valence electrons. The normalized spacial score (nSPS) is 18.7. The van der Waals surface area contributed by atoms with Crippen molar-refractivity contribution < 1.29 is 23.4 Å². The van der Waals surface area contributed by atoms with Crippen LogP contribution in [0.25, 0.3) is 0 Å². The van der Waals surface area contributed by atoms with Crippen molar-refractivity contribution in [1.29, 1.82) is 0 Å². The number of epoxide rings is 1. The summed E-state index contributed by atoms with van der Waals surface area (Å²) < 4.78 is 23.4. The number of unbranched alkanes of at least 4 members (excludes halogenated alkanes) is 8. The van der Waals surface area contributed by atoms with E-state index in [2.05, 4.69) is 52.4 Å². The first-order valence-electron chi connectivity index (χ1n) is 13.6. The third kappa shape index (κ3) is 21.5. The molecule has 2 unspecified atom stereocenters. The average molecular weight is 469 g/mol. The minimum absolute atomic E-state index is 0.00567. The van der Waals surface area contributed by atoms with E-state index in [9.17, 15) is 0 Å². The first kappa shape index (κ1) is 30.3. The molecular formula is C28H54NO4+. The minimum atomic E-state index is 0.00567. The highest BCUT2D eigenvalue weighted by atomic mass is 16.8. The minimum Gasteiger partial charge on any atom is -0.377 e. The molecule has 5 nitrogen and oxygen atoms in total. The van der Waals surface area contributed by atoms with Crippen LogP contribution in [0.3, 0.4) is 0 Å². The van der Waals surface area contributed by atoms with Crippen LogP contribution in [-0.2, 0) is 18.9 Å². The van der Waals surface area contributed by atoms with Crippen LogP contribution in [0.4, 0.5) is 0 Å². The summed E-state index contributed by atoms with van der Waals surface area (Å²) in [7, 11) is 6.50. The van der Waals surface area contributed by atoms with Crippen molar-refractivity contribution in [2.24, 2.45) is 0 Å². The van der Waals surface area contributed by atoms with Crippen LogP contribution in [-0.4, -0.2) is 77.6 Å². The van der Waals surface area contributed by atoms with Gasteiger partial charge in [-0.15, -0.1) is 0 Å². The third-order valence-electron chi connectivity index (χ3n) is 5.77. The summed E-state index contributed by atoms with van der Waals surface area (Å²) in [4.78, 5) is 0. The second-order valence-electron chi connectivity index (χ2n) is 10.1. The van der Waals surface area contributed by atoms with Crippen LogP contribution in [0.2, 0.25) is 0 Å². The molecule has 2 atom stereocenters. The van der Waals surface area contributed by atoms with Crippen molar-refractivity contribution >= 4 is 0 Å². The van der Waals surface area contributed by atoms with E-state index in [-0.39, 0.29) is 6.29 Å². The van der Waals surface area contributed by atoms with Gasteiger partial charge in [-0.05, 0) is 32.1 Å². The molecule has 1 heterocycles. The van der Waals surface area contributed by atoms with Gasteiger partial charge in [-0.2, -0.15) is 0 Å². The lowest BCUT2D eigenvalue weighted by Crippen LogP contribution is -2.37. The molecule has 1 saturated heterocycles. The predicted molar refractivity (Wildman–Crippen MR) is 139 cm³/mol. The van der Waals surface area contributed by atoms with Crippen LogP contribution < -0.4 is 0 Å². The lowest BCUT2D eigenvalue weighted by Gasteiger charge is -2.23. The largest absolute Gasteiger partial charge is 0.377 e. The van der Waals surface area contributed by atoms with Crippen LogP contribution in [0.5, 0.6) is 0 Å². The fourth-order valence-electron chi connectivity index (χ4n) is 3.59. The molecule has 0 amide bonds. The third-order valence-corrected chi connectivity index (χ3v) is 5.77. The van der Waals surface area contributed by atoms with Crippen molar-refractivity contribution in [2.75, 3.05) is 60.7 Å². The van der Waals surface area contributed by atoms with Gasteiger partial charge < -0.3 is 23.4 Å². The van der Waals surface area contributed by atoms with E-state index in [1.54, 1.807) is 0 Å². The molecule has 1 aliphatic rings. The molecule has 0 radical (unpaired) electrons. The van der Waals surface area contributed by atoms with Crippen LogP contribution >= 0.6 is 0 Å². The maximum atomic E-state index is 5.71. The molecule has 0 aromatic rings. The lowest BCUT2D eigenvalue weighted by atomic mass is 10.1. The average Bonchev–Trinajstić information content (AvgIpc) is 3.52. The molecule has 0 aromatic heterocycles. The molecule has 0 aromatic carbocycles. The van der Waals surface area contributed by atoms with Crippen molar-refractivity contribution in [3.8, 4) is 0 Å². The Kier molecular flexibility index (Phi) is 19.0. The fraction of sp³-hybridized carbons (Fsp3) is 0.857. The van der Waals surface area contributed by atoms with Gasteiger partial charge in [0, 0.05) is 0 Å². The van der Waals surface area contributed by atoms with Crippen molar-refractivity contribution in [3.63, 3.8) is 0 Å². The lowest BCUT2D eigenvalue weighted by molar-refractivity contribution is -0.870. The van der Waals surface area contributed by atoms with Gasteiger partial charge in [-0.25, -0.2) is 0 Å². The second kappa shape index (κ2) is 20.6. The van der Waals surface area contributed by atoms with Crippen molar-refractivity contribution in [1.82, 2.24) is 0 Å². The maximum absolute atomic E-state index is 5.71. The molecule has 1 aliphatic heterocycles. The van der Waals surface area contributed by atoms with Gasteiger partial charge in [0.05, 0.1) is 54.2 Å². The SMILES string of the molecule is CCC=CCC=CCCCCCCCCCCC1OC1OCCOCCOCC[N+](C)(C)C. The number of allylic oxidation sites excluding steroid dienone is 4. The van der Waals surface area contributed by atoms with Gasteiger partial charge in [0.2, 0.25) is 0 Å². The number of ether oxygens (including phenoxy) is 4. The van der Waals surface area contributed by atoms with Crippen LogP contribution in [0.1, 0.15) is 84.0 Å². The highest BCUT2D eigenvalue weighted by Gasteiger charge is 2.38. The summed E-state index contributed by atoms with van der Waals surface area (Å²) in [6.07, 6.45) is 24.8. The quantitative estimate of drug-likeness (QED) is 0.0723. The van der Waals surface area contributed by atoms with Gasteiger partial charge in [0.1, 0.15) is 12.6 Å². The maximum Gasteiger partial charge on any atom is 0.184 e. The molecule has 0 saturated carbocycles. The Morgan fingerprint density at radius 3 is 2.00 bits per heavy atom. The molecule has 0 N–H and O–H groups in total. The molecule has 0 aliphatic carbocycles. The number of hydrogen-bond acceptors (Lipinski definition) is 4. The Labute approximate surface area is 205 Å². The van der Waals surface area contributed by atoms with Gasteiger partial charge in [0.25, 0.3) is 0 Å². The highest BCUT2D eigenvalue weighted by molar-refractivity contribution is 4.92. The van der Waals surface area contributed by atoms with Gasteiger partial charge in [-0.3, -0.25) is 0 Å². The Morgan fingerprint density at radius 1 is 0.697 bits per heavy atom. The predicted octanol–water partition coefficient (Wildman–Crippen LogP) is 6.28. The van der Waals surface area contributed by atoms with E-state index in [0.29, 0.717) is 32.5 Å². The summed E-state index contributed by atoms with van der Waals surface area (Å²) in [6.45, 7) is 6.46. The van der Waals surface area contributed by atoms with Crippen LogP contribution in [0.15, 0.2) is 24.3 Å². The van der Waals surface area contributed by atoms with Crippen LogP contribution in [0, 0.1) is 0 Å². The standard InChI is InChI=1S/C28H54NO4/c1-5-6-7-8-9-10-11-12-13-14-15-16-17-18-19-20-27-28(33-27)32-26-25-31-24-23-30-22-21-29(2,3)4/h6-7,9-10,27-28H,5,8,11-26H2,1-4H3/q+1. The second-order valence-corrected chi connectivity index (χ2v) is 10.1.